The quantitative estimate of drug-likeness (QED) is 0.678. The maximum atomic E-state index is 5.72. The zero-order valence-electron chi connectivity index (χ0n) is 7.54. The summed E-state index contributed by atoms with van der Waals surface area (Å²) < 4.78 is 0.643. The molecule has 0 spiro atoms. The molecule has 0 aliphatic carbocycles. The van der Waals surface area contributed by atoms with Crippen LogP contribution in [0.3, 0.4) is 0 Å². The molecule has 75 valence electrons. The van der Waals surface area contributed by atoms with E-state index in [1.54, 1.807) is 6.07 Å². The molecule has 15 heavy (non-hydrogen) atoms. The Labute approximate surface area is 101 Å². The molecule has 1 N–H and O–H groups in total. The van der Waals surface area contributed by atoms with E-state index in [9.17, 15) is 0 Å². The third kappa shape index (κ3) is 2.91. The van der Waals surface area contributed by atoms with E-state index in [-0.39, 0.29) is 5.28 Å². The van der Waals surface area contributed by atoms with Gasteiger partial charge < -0.3 is 5.32 Å². The molecule has 0 aliphatic rings. The van der Waals surface area contributed by atoms with Crippen LogP contribution in [-0.2, 0) is 0 Å². The highest BCUT2D eigenvalue weighted by Gasteiger charge is 2.00. The molecule has 1 heterocycles. The van der Waals surface area contributed by atoms with Crippen molar-refractivity contribution in [2.45, 2.75) is 0 Å². The number of hydrogen-bond donors (Lipinski definition) is 1. The van der Waals surface area contributed by atoms with Gasteiger partial charge in [0.25, 0.3) is 0 Å². The van der Waals surface area contributed by atoms with E-state index in [0.717, 1.165) is 5.69 Å². The lowest BCUT2D eigenvalue weighted by molar-refractivity contribution is 1.14. The van der Waals surface area contributed by atoms with Crippen molar-refractivity contribution in [3.8, 4) is 0 Å². The van der Waals surface area contributed by atoms with Gasteiger partial charge in [-0.05, 0) is 45.7 Å². The first-order valence-electron chi connectivity index (χ1n) is 4.17. The van der Waals surface area contributed by atoms with Crippen LogP contribution in [0.1, 0.15) is 0 Å². The summed E-state index contributed by atoms with van der Waals surface area (Å²) in [5.74, 6) is 0.640. The molecule has 5 heteroatoms. The lowest BCUT2D eigenvalue weighted by atomic mass is 10.3. The molecular weight excluding hydrogens is 277 g/mol. The molecule has 0 amide bonds. The van der Waals surface area contributed by atoms with Crippen molar-refractivity contribution in [1.82, 2.24) is 9.97 Å². The van der Waals surface area contributed by atoms with Gasteiger partial charge in [0.1, 0.15) is 10.4 Å². The second-order valence-electron chi connectivity index (χ2n) is 2.76. The minimum Gasteiger partial charge on any atom is -0.340 e. The molecule has 0 saturated heterocycles. The number of aromatic nitrogens is 2. The Balaban J connectivity index is 2.25. The fourth-order valence-electron chi connectivity index (χ4n) is 1.07. The Bertz CT molecular complexity index is 441. The minimum atomic E-state index is 0.201. The summed E-state index contributed by atoms with van der Waals surface area (Å²) in [5.41, 5.74) is 0.902. The first kappa shape index (κ1) is 10.4. The van der Waals surface area contributed by atoms with Crippen LogP contribution in [0.5, 0.6) is 0 Å². The highest BCUT2D eigenvalue weighted by Crippen LogP contribution is 2.18. The summed E-state index contributed by atoms with van der Waals surface area (Å²) in [5, 5.41) is 3.29. The summed E-state index contributed by atoms with van der Waals surface area (Å²) in [7, 11) is 0. The molecule has 1 aromatic carbocycles. The van der Waals surface area contributed by atoms with E-state index in [4.69, 9.17) is 11.6 Å². The molecule has 0 atom stereocenters. The van der Waals surface area contributed by atoms with Crippen molar-refractivity contribution >= 4 is 39.0 Å². The van der Waals surface area contributed by atoms with Crippen molar-refractivity contribution in [1.29, 1.82) is 0 Å². The van der Waals surface area contributed by atoms with E-state index >= 15 is 0 Å². The van der Waals surface area contributed by atoms with Crippen LogP contribution in [0.25, 0.3) is 0 Å². The topological polar surface area (TPSA) is 37.8 Å². The van der Waals surface area contributed by atoms with Crippen molar-refractivity contribution in [3.63, 3.8) is 0 Å². The van der Waals surface area contributed by atoms with E-state index in [1.807, 2.05) is 24.3 Å². The van der Waals surface area contributed by atoms with Crippen LogP contribution < -0.4 is 5.32 Å². The molecule has 2 rings (SSSR count). The largest absolute Gasteiger partial charge is 0.340 e. The maximum absolute atomic E-state index is 5.72. The maximum Gasteiger partial charge on any atom is 0.225 e. The number of nitrogens with one attached hydrogen (secondary N) is 1. The number of rotatable bonds is 2. The zero-order chi connectivity index (χ0) is 10.7. The molecule has 0 saturated carbocycles. The van der Waals surface area contributed by atoms with Gasteiger partial charge in [0.2, 0.25) is 5.28 Å². The number of anilines is 2. The average Bonchev–Trinajstić information content (AvgIpc) is 2.17. The minimum absolute atomic E-state index is 0.201. The molecule has 1 radical (unpaired) electrons. The second-order valence-corrected chi connectivity index (χ2v) is 3.91. The van der Waals surface area contributed by atoms with Crippen molar-refractivity contribution in [2.24, 2.45) is 0 Å². The molecule has 0 unspecified atom stereocenters. The smallest absolute Gasteiger partial charge is 0.225 e. The Kier molecular flexibility index (Phi) is 3.18. The van der Waals surface area contributed by atoms with Crippen molar-refractivity contribution in [3.05, 3.63) is 46.3 Å². The number of benzene rings is 1. The third-order valence-corrected chi connectivity index (χ3v) is 2.22. The standard InChI is InChI=1S/C10H6BrClN3/c11-8-6-9(15-10(12)14-8)13-7-4-2-1-3-5-7/h1-2,4-6H,(H,13,14,15). The van der Waals surface area contributed by atoms with Gasteiger partial charge in [0.15, 0.2) is 0 Å². The normalized spacial score (nSPS) is 10.0. The summed E-state index contributed by atoms with van der Waals surface area (Å²) in [4.78, 5) is 7.93. The Morgan fingerprint density at radius 3 is 2.93 bits per heavy atom. The summed E-state index contributed by atoms with van der Waals surface area (Å²) in [6.45, 7) is 0. The van der Waals surface area contributed by atoms with E-state index < -0.39 is 0 Å². The predicted octanol–water partition coefficient (Wildman–Crippen LogP) is 3.44. The van der Waals surface area contributed by atoms with E-state index in [0.29, 0.717) is 10.4 Å². The number of halogens is 2. The lowest BCUT2D eigenvalue weighted by Gasteiger charge is -2.05. The zero-order valence-corrected chi connectivity index (χ0v) is 9.88. The van der Waals surface area contributed by atoms with Gasteiger partial charge in [0, 0.05) is 11.8 Å². The molecule has 0 aliphatic heterocycles. The van der Waals surface area contributed by atoms with Crippen LogP contribution in [0.2, 0.25) is 5.28 Å². The van der Waals surface area contributed by atoms with Crippen LogP contribution in [0.15, 0.2) is 34.9 Å². The van der Waals surface area contributed by atoms with Crippen molar-refractivity contribution < 1.29 is 0 Å². The van der Waals surface area contributed by atoms with Gasteiger partial charge in [-0.25, -0.2) is 9.97 Å². The summed E-state index contributed by atoms with van der Waals surface area (Å²) in [6.07, 6.45) is 0. The van der Waals surface area contributed by atoms with Gasteiger partial charge in [0.05, 0.1) is 0 Å². The van der Waals surface area contributed by atoms with Gasteiger partial charge in [-0.2, -0.15) is 0 Å². The van der Waals surface area contributed by atoms with Gasteiger partial charge in [-0.3, -0.25) is 0 Å². The lowest BCUT2D eigenvalue weighted by Crippen LogP contribution is -1.95. The van der Waals surface area contributed by atoms with E-state index in [1.165, 1.54) is 0 Å². The molecule has 3 nitrogen and oxygen atoms in total. The Hall–Kier alpha value is -1.13. The molecular formula is C10H6BrClN3. The molecule has 0 fully saturated rings. The highest BCUT2D eigenvalue weighted by atomic mass is 79.9. The monoisotopic (exact) mass is 282 g/mol. The number of hydrogen-bond acceptors (Lipinski definition) is 3. The summed E-state index contributed by atoms with van der Waals surface area (Å²) in [6, 6.07) is 12.2. The van der Waals surface area contributed by atoms with Crippen LogP contribution >= 0.6 is 27.5 Å². The summed E-state index contributed by atoms with van der Waals surface area (Å²) >= 11 is 8.96. The molecule has 2 aromatic rings. The van der Waals surface area contributed by atoms with Gasteiger partial charge in [-0.1, -0.05) is 12.1 Å². The Morgan fingerprint density at radius 1 is 1.40 bits per heavy atom. The van der Waals surface area contributed by atoms with Crippen LogP contribution in [0, 0.1) is 6.07 Å². The van der Waals surface area contributed by atoms with Crippen molar-refractivity contribution in [2.75, 3.05) is 5.32 Å². The third-order valence-electron chi connectivity index (χ3n) is 1.65. The highest BCUT2D eigenvalue weighted by molar-refractivity contribution is 9.10. The molecule has 0 bridgehead atoms. The molecule has 1 aromatic heterocycles. The van der Waals surface area contributed by atoms with Gasteiger partial charge >= 0.3 is 0 Å². The van der Waals surface area contributed by atoms with E-state index in [2.05, 4.69) is 37.3 Å². The Morgan fingerprint density at radius 2 is 2.27 bits per heavy atom. The van der Waals surface area contributed by atoms with Crippen LogP contribution in [0.4, 0.5) is 11.5 Å². The fourth-order valence-corrected chi connectivity index (χ4v) is 1.74. The first-order valence-corrected chi connectivity index (χ1v) is 5.34. The van der Waals surface area contributed by atoms with Crippen LogP contribution in [-0.4, -0.2) is 9.97 Å². The van der Waals surface area contributed by atoms with Gasteiger partial charge in [-0.15, -0.1) is 0 Å². The SMILES string of the molecule is Clc1nc(Br)cc(Nc2c[c]ccc2)n1. The number of nitrogens with zero attached hydrogens (tertiary/aromatic N) is 2. The second kappa shape index (κ2) is 4.59. The first-order chi connectivity index (χ1) is 7.24. The average molecular weight is 284 g/mol. The fraction of sp³-hybridized carbons (Fsp3) is 0. The predicted molar refractivity (Wildman–Crippen MR) is 63.3 cm³/mol.